The molecule has 6 N–H and O–H groups in total. The van der Waals surface area contributed by atoms with E-state index in [1.165, 1.54) is 36.8 Å². The molecule has 6 aromatic carbocycles. The summed E-state index contributed by atoms with van der Waals surface area (Å²) in [7, 11) is 0. The fourth-order valence-electron chi connectivity index (χ4n) is 6.95. The van der Waals surface area contributed by atoms with Gasteiger partial charge in [-0.05, 0) is 59.4 Å². The van der Waals surface area contributed by atoms with Gasteiger partial charge in [0.25, 0.3) is 0 Å². The number of quaternary nitrogens is 2. The monoisotopic (exact) mass is 1110 g/mol. The summed E-state index contributed by atoms with van der Waals surface area (Å²) in [5.41, 5.74) is 4.91. The molecule has 0 bridgehead atoms. The van der Waals surface area contributed by atoms with Gasteiger partial charge in [-0.3, -0.25) is 9.59 Å². The molecule has 1 fully saturated rings. The molecule has 0 unspecified atom stereocenters. The maximum absolute atomic E-state index is 10.3. The minimum Gasteiger partial charge on any atom is -0.550 e. The van der Waals surface area contributed by atoms with Crippen molar-refractivity contribution in [3.8, 4) is 0 Å². The van der Waals surface area contributed by atoms with Crippen LogP contribution in [0.3, 0.4) is 0 Å². The molecular formula is C52H50Cl8N2O8. The second kappa shape index (κ2) is 32.4. The lowest BCUT2D eigenvalue weighted by Crippen LogP contribution is -3.02. The smallest absolute Gasteiger partial charge is 0.307 e. The predicted octanol–water partition coefficient (Wildman–Crippen LogP) is 9.64. The number of rotatable bonds is 14. The third-order valence-electron chi connectivity index (χ3n) is 10.4. The number of carbonyl (C=O) groups is 4. The lowest BCUT2D eigenvalue weighted by Gasteiger charge is -2.27. The van der Waals surface area contributed by atoms with Gasteiger partial charge in [0.05, 0.1) is 53.0 Å². The summed E-state index contributed by atoms with van der Waals surface area (Å²) in [6, 6.07) is 42.8. The molecule has 0 amide bonds. The Hall–Kier alpha value is -4.56. The number of halogens is 8. The lowest BCUT2D eigenvalue weighted by atomic mass is 9.90. The van der Waals surface area contributed by atoms with Crippen molar-refractivity contribution < 1.29 is 50.2 Å². The predicted molar refractivity (Wildman–Crippen MR) is 276 cm³/mol. The molecule has 0 spiro atoms. The Bertz CT molecular complexity index is 2300. The molecule has 10 nitrogen and oxygen atoms in total. The van der Waals surface area contributed by atoms with Gasteiger partial charge in [0.2, 0.25) is 0 Å². The Morgan fingerprint density at radius 3 is 0.943 bits per heavy atom. The Labute approximate surface area is 447 Å². The molecule has 1 aliphatic carbocycles. The van der Waals surface area contributed by atoms with Crippen LogP contribution in [0.15, 0.2) is 133 Å². The summed E-state index contributed by atoms with van der Waals surface area (Å²) >= 11 is 45.6. The highest BCUT2D eigenvalue weighted by molar-refractivity contribution is 6.44. The number of carboxylic acid groups (broad SMARTS) is 4. The molecular weight excluding hydrogens is 1060 g/mol. The van der Waals surface area contributed by atoms with Gasteiger partial charge in [0.1, 0.15) is 25.2 Å². The third kappa shape index (κ3) is 22.7. The van der Waals surface area contributed by atoms with E-state index < -0.39 is 23.9 Å². The van der Waals surface area contributed by atoms with Crippen molar-refractivity contribution >= 4 is 117 Å². The van der Waals surface area contributed by atoms with Crippen molar-refractivity contribution in [2.24, 2.45) is 0 Å². The van der Waals surface area contributed by atoms with Crippen LogP contribution in [0.5, 0.6) is 0 Å². The van der Waals surface area contributed by atoms with E-state index >= 15 is 0 Å². The highest BCUT2D eigenvalue weighted by Crippen LogP contribution is 2.28. The first-order chi connectivity index (χ1) is 33.4. The fourth-order valence-corrected chi connectivity index (χ4v) is 8.50. The van der Waals surface area contributed by atoms with Crippen molar-refractivity contribution in [3.63, 3.8) is 0 Å². The zero-order valence-electron chi connectivity index (χ0n) is 37.4. The molecule has 1 saturated carbocycles. The van der Waals surface area contributed by atoms with E-state index in [2.05, 4.69) is 71.3 Å². The number of carbonyl (C=O) groups excluding carboxylic acids is 2. The molecule has 70 heavy (non-hydrogen) atoms. The summed E-state index contributed by atoms with van der Waals surface area (Å²) in [4.78, 5) is 41.1. The van der Waals surface area contributed by atoms with Crippen molar-refractivity contribution in [2.75, 3.05) is 0 Å². The molecule has 372 valence electrons. The van der Waals surface area contributed by atoms with Crippen molar-refractivity contribution in [1.29, 1.82) is 0 Å². The number of benzene rings is 6. The number of hydrogen-bond acceptors (Lipinski definition) is 6. The zero-order valence-corrected chi connectivity index (χ0v) is 43.5. The minimum atomic E-state index is -1.17. The van der Waals surface area contributed by atoms with Gasteiger partial charge in [-0.2, -0.15) is 0 Å². The summed E-state index contributed by atoms with van der Waals surface area (Å²) in [6.07, 6.45) is 4.90. The average Bonchev–Trinajstić information content (AvgIpc) is 3.32. The van der Waals surface area contributed by atoms with Gasteiger partial charge in [-0.1, -0.05) is 202 Å². The molecule has 0 heterocycles. The number of aliphatic carboxylic acids is 4. The van der Waals surface area contributed by atoms with Gasteiger partial charge < -0.3 is 40.6 Å². The standard InChI is InChI=1S/C20H26N2.4C8H6Cl2O2/c1-3-9-17(10-4-1)15-21-19-13-7-8-14-20(19)22-16-18-11-5-2-6-12-18;4*9-6-3-1-2-5(8(6)10)4-7(11)12/h1-6,9-12,19-22H,7-8,13-16H2;4*1-3H,4H2,(H,11,12)/t19-,20-;;;;/m1..../s1. The second-order valence-electron chi connectivity index (χ2n) is 15.6. The lowest BCUT2D eigenvalue weighted by molar-refractivity contribution is -0.790. The maximum Gasteiger partial charge on any atom is 0.307 e. The molecule has 18 heteroatoms. The van der Waals surface area contributed by atoms with Gasteiger partial charge in [-0.25, -0.2) is 0 Å². The van der Waals surface area contributed by atoms with Gasteiger partial charge in [0, 0.05) is 48.7 Å². The van der Waals surface area contributed by atoms with Crippen LogP contribution in [0.4, 0.5) is 0 Å². The minimum absolute atomic E-state index is 0.0978. The molecule has 0 radical (unpaired) electrons. The van der Waals surface area contributed by atoms with Crippen LogP contribution >= 0.6 is 92.8 Å². The first kappa shape index (κ1) is 59.7. The number of hydrogen-bond donors (Lipinski definition) is 4. The summed E-state index contributed by atoms with van der Waals surface area (Å²) in [6.45, 7) is 2.22. The Morgan fingerprint density at radius 2 is 0.686 bits per heavy atom. The first-order valence-corrected chi connectivity index (χ1v) is 24.7. The van der Waals surface area contributed by atoms with Crippen molar-refractivity contribution in [2.45, 2.75) is 76.5 Å². The van der Waals surface area contributed by atoms with Crippen LogP contribution in [0.25, 0.3) is 0 Å². The van der Waals surface area contributed by atoms with E-state index in [0.29, 0.717) is 52.4 Å². The van der Waals surface area contributed by atoms with Crippen LogP contribution in [0.1, 0.15) is 59.1 Å². The Morgan fingerprint density at radius 1 is 0.414 bits per heavy atom. The summed E-state index contributed by atoms with van der Waals surface area (Å²) in [5.74, 6) is -4.17. The molecule has 2 atom stereocenters. The SMILES string of the molecule is O=C(O)Cc1cccc(Cl)c1Cl.O=C(O)Cc1cccc(Cl)c1Cl.O=C([O-])Cc1cccc(Cl)c1Cl.O=C([O-])Cc1cccc(Cl)c1Cl.c1ccc(C[NH2+][C@@H]2CCCC[C@H]2[NH2+]Cc2ccccc2)cc1. The van der Waals surface area contributed by atoms with Crippen molar-refractivity contribution in [3.05, 3.63) is 207 Å². The highest BCUT2D eigenvalue weighted by Gasteiger charge is 2.30. The molecule has 6 aromatic rings. The van der Waals surface area contributed by atoms with E-state index in [0.717, 1.165) is 25.2 Å². The fraction of sp³-hybridized carbons (Fsp3) is 0.231. The average molecular weight is 1110 g/mol. The van der Waals surface area contributed by atoms with E-state index in [4.69, 9.17) is 103 Å². The van der Waals surface area contributed by atoms with Crippen LogP contribution in [0, 0.1) is 0 Å². The Balaban J connectivity index is 0.000000239. The normalized spacial score (nSPS) is 13.5. The highest BCUT2D eigenvalue weighted by atomic mass is 35.5. The van der Waals surface area contributed by atoms with Gasteiger partial charge in [-0.15, -0.1) is 0 Å². The van der Waals surface area contributed by atoms with Crippen LogP contribution in [-0.2, 0) is 58.0 Å². The van der Waals surface area contributed by atoms with E-state index in [-0.39, 0.29) is 35.7 Å². The maximum atomic E-state index is 10.3. The second-order valence-corrected chi connectivity index (χ2v) is 18.7. The Kier molecular flexibility index (Phi) is 27.7. The van der Waals surface area contributed by atoms with Crippen LogP contribution in [0.2, 0.25) is 40.2 Å². The quantitative estimate of drug-likeness (QED) is 0.0830. The largest absolute Gasteiger partial charge is 0.550 e. The molecule has 0 saturated heterocycles. The molecule has 0 aromatic heterocycles. The topological polar surface area (TPSA) is 188 Å². The third-order valence-corrected chi connectivity index (χ3v) is 13.8. The van der Waals surface area contributed by atoms with E-state index in [1.54, 1.807) is 72.8 Å². The molecule has 7 rings (SSSR count). The van der Waals surface area contributed by atoms with Crippen molar-refractivity contribution in [1.82, 2.24) is 0 Å². The molecule has 0 aliphatic heterocycles. The first-order valence-electron chi connectivity index (χ1n) is 21.6. The van der Waals surface area contributed by atoms with E-state index in [9.17, 15) is 29.4 Å². The zero-order chi connectivity index (χ0) is 51.6. The summed E-state index contributed by atoms with van der Waals surface area (Å²) in [5, 5.41) is 45.2. The van der Waals surface area contributed by atoms with Gasteiger partial charge in [0.15, 0.2) is 0 Å². The van der Waals surface area contributed by atoms with Crippen LogP contribution in [-0.4, -0.2) is 46.2 Å². The number of nitrogens with two attached hydrogens (primary N) is 2. The van der Waals surface area contributed by atoms with Crippen LogP contribution < -0.4 is 20.8 Å². The molecule has 1 aliphatic rings. The number of carboxylic acids is 4. The summed E-state index contributed by atoms with van der Waals surface area (Å²) < 4.78 is 0. The van der Waals surface area contributed by atoms with E-state index in [1.807, 2.05) is 0 Å². The van der Waals surface area contributed by atoms with Gasteiger partial charge >= 0.3 is 11.9 Å².